The highest BCUT2D eigenvalue weighted by molar-refractivity contribution is 5.65. The van der Waals surface area contributed by atoms with E-state index < -0.39 is 17.7 Å². The Bertz CT molecular complexity index is 825. The van der Waals surface area contributed by atoms with Gasteiger partial charge in [-0.25, -0.2) is 13.2 Å². The van der Waals surface area contributed by atoms with Crippen LogP contribution in [0.5, 0.6) is 0 Å². The molecule has 1 aliphatic rings. The number of halogens is 3. The molecule has 4 heteroatoms. The van der Waals surface area contributed by atoms with Crippen molar-refractivity contribution < 1.29 is 17.9 Å². The van der Waals surface area contributed by atoms with Gasteiger partial charge >= 0.3 is 0 Å². The van der Waals surface area contributed by atoms with Crippen molar-refractivity contribution in [1.82, 2.24) is 0 Å². The van der Waals surface area contributed by atoms with Gasteiger partial charge in [-0.2, -0.15) is 0 Å². The molecule has 0 aromatic heterocycles. The van der Waals surface area contributed by atoms with E-state index in [1.54, 1.807) is 24.3 Å². The van der Waals surface area contributed by atoms with Crippen LogP contribution < -0.4 is 0 Å². The number of hydrogen-bond donors (Lipinski definition) is 0. The molecule has 2 unspecified atom stereocenters. The molecule has 0 radical (unpaired) electrons. The highest BCUT2D eigenvalue weighted by atomic mass is 19.2. The zero-order chi connectivity index (χ0) is 21.5. The van der Waals surface area contributed by atoms with Crippen LogP contribution in [-0.2, 0) is 11.2 Å². The van der Waals surface area contributed by atoms with Gasteiger partial charge in [-0.05, 0) is 55.2 Å². The van der Waals surface area contributed by atoms with Gasteiger partial charge in [0, 0.05) is 11.1 Å². The Balaban J connectivity index is 1.73. The summed E-state index contributed by atoms with van der Waals surface area (Å²) in [7, 11) is 0. The van der Waals surface area contributed by atoms with Crippen molar-refractivity contribution in [1.29, 1.82) is 0 Å². The predicted molar refractivity (Wildman–Crippen MR) is 116 cm³/mol. The summed E-state index contributed by atoms with van der Waals surface area (Å²) in [5.74, 6) is -1.66. The zero-order valence-corrected chi connectivity index (χ0v) is 18.2. The second kappa shape index (κ2) is 11.0. The number of unbranched alkanes of at least 4 members (excludes halogenated alkanes) is 3. The summed E-state index contributed by atoms with van der Waals surface area (Å²) in [5.41, 5.74) is 1.34. The summed E-state index contributed by atoms with van der Waals surface area (Å²) in [6, 6.07) is 7.82. The highest BCUT2D eigenvalue weighted by Gasteiger charge is 2.27. The number of ether oxygens (including phenoxy) is 1. The maximum Gasteiger partial charge on any atom is 0.167 e. The lowest BCUT2D eigenvalue weighted by molar-refractivity contribution is -0.0217. The fraction of sp³-hybridized carbons (Fsp3) is 0.538. The monoisotopic (exact) mass is 418 g/mol. The summed E-state index contributed by atoms with van der Waals surface area (Å²) in [4.78, 5) is 0. The van der Waals surface area contributed by atoms with Crippen LogP contribution in [0.25, 0.3) is 11.1 Å². The molecule has 1 saturated heterocycles. The molecule has 0 spiro atoms. The van der Waals surface area contributed by atoms with E-state index in [4.69, 9.17) is 4.74 Å². The van der Waals surface area contributed by atoms with Gasteiger partial charge in [0.05, 0.1) is 12.7 Å². The van der Waals surface area contributed by atoms with E-state index in [0.717, 1.165) is 38.5 Å². The molecule has 2 atom stereocenters. The van der Waals surface area contributed by atoms with Gasteiger partial charge < -0.3 is 4.74 Å². The summed E-state index contributed by atoms with van der Waals surface area (Å²) < 4.78 is 50.1. The van der Waals surface area contributed by atoms with Crippen LogP contribution in [0.2, 0.25) is 0 Å². The first-order valence-electron chi connectivity index (χ1n) is 11.4. The fourth-order valence-corrected chi connectivity index (χ4v) is 4.29. The molecule has 164 valence electrons. The third kappa shape index (κ3) is 5.46. The van der Waals surface area contributed by atoms with Crippen molar-refractivity contribution in [2.45, 2.75) is 77.7 Å². The van der Waals surface area contributed by atoms with Crippen molar-refractivity contribution in [3.63, 3.8) is 0 Å². The van der Waals surface area contributed by atoms with E-state index in [1.165, 1.54) is 12.5 Å². The average molecular weight is 419 g/mol. The molecule has 0 saturated carbocycles. The van der Waals surface area contributed by atoms with Crippen LogP contribution in [0.4, 0.5) is 13.2 Å². The third-order valence-electron chi connectivity index (χ3n) is 6.21. The van der Waals surface area contributed by atoms with Crippen LogP contribution in [0.1, 0.15) is 82.4 Å². The Kier molecular flexibility index (Phi) is 8.38. The van der Waals surface area contributed by atoms with Crippen molar-refractivity contribution in [2.24, 2.45) is 5.92 Å². The molecule has 30 heavy (non-hydrogen) atoms. The first-order chi connectivity index (χ1) is 14.5. The second-order valence-electron chi connectivity index (χ2n) is 8.50. The fourth-order valence-electron chi connectivity index (χ4n) is 4.29. The van der Waals surface area contributed by atoms with Crippen LogP contribution in [0.3, 0.4) is 0 Å². The molecule has 1 aliphatic heterocycles. The van der Waals surface area contributed by atoms with Crippen LogP contribution in [0, 0.1) is 23.4 Å². The molecule has 1 nitrogen and oxygen atoms in total. The highest BCUT2D eigenvalue weighted by Crippen LogP contribution is 2.36. The van der Waals surface area contributed by atoms with Gasteiger partial charge in [-0.15, -0.1) is 0 Å². The zero-order valence-electron chi connectivity index (χ0n) is 18.2. The van der Waals surface area contributed by atoms with Crippen molar-refractivity contribution in [3.8, 4) is 11.1 Å². The number of rotatable bonds is 9. The van der Waals surface area contributed by atoms with E-state index in [9.17, 15) is 13.2 Å². The van der Waals surface area contributed by atoms with Gasteiger partial charge in [0.25, 0.3) is 0 Å². The quantitative estimate of drug-likeness (QED) is 0.373. The van der Waals surface area contributed by atoms with Crippen LogP contribution in [0.15, 0.2) is 30.3 Å². The minimum Gasteiger partial charge on any atom is -0.373 e. The van der Waals surface area contributed by atoms with E-state index in [1.807, 2.05) is 0 Å². The van der Waals surface area contributed by atoms with E-state index in [2.05, 4.69) is 13.8 Å². The SMILES string of the molecule is CCCCCc1ccc(-c2ccc(C3CCC(CCCC)CO3)c(F)c2F)cc1F. The number of benzene rings is 2. The topological polar surface area (TPSA) is 9.23 Å². The summed E-state index contributed by atoms with van der Waals surface area (Å²) in [6.07, 6.45) is 8.41. The summed E-state index contributed by atoms with van der Waals surface area (Å²) in [5, 5.41) is 0. The maximum atomic E-state index is 14.9. The van der Waals surface area contributed by atoms with Crippen molar-refractivity contribution in [2.75, 3.05) is 6.61 Å². The lowest BCUT2D eigenvalue weighted by atomic mass is 9.90. The standard InChI is InChI=1S/C26H33F3O/c1-3-5-7-9-19-11-12-20(16-23(19)27)21-13-14-22(26(29)25(21)28)24-15-10-18(17-30-24)8-6-4-2/h11-14,16,18,24H,3-10,15,17H2,1-2H3. The van der Waals surface area contributed by atoms with Gasteiger partial charge in [0.1, 0.15) is 5.82 Å². The molecule has 3 rings (SSSR count). The lowest BCUT2D eigenvalue weighted by Gasteiger charge is -2.29. The molecule has 2 aromatic carbocycles. The minimum absolute atomic E-state index is 0.0897. The van der Waals surface area contributed by atoms with Gasteiger partial charge in [0.2, 0.25) is 0 Å². The molecule has 0 amide bonds. The minimum atomic E-state index is -0.928. The van der Waals surface area contributed by atoms with E-state index >= 15 is 0 Å². The molecule has 1 fully saturated rings. The van der Waals surface area contributed by atoms with Crippen LogP contribution in [-0.4, -0.2) is 6.61 Å². The first kappa shape index (κ1) is 22.9. The normalized spacial score (nSPS) is 19.2. The van der Waals surface area contributed by atoms with Gasteiger partial charge in [-0.3, -0.25) is 0 Å². The molecule has 0 bridgehead atoms. The molecule has 0 N–H and O–H groups in total. The smallest absolute Gasteiger partial charge is 0.167 e. The maximum absolute atomic E-state index is 14.9. The Hall–Kier alpha value is -1.81. The Labute approximate surface area is 178 Å². The summed E-state index contributed by atoms with van der Waals surface area (Å²) >= 11 is 0. The molecule has 1 heterocycles. The second-order valence-corrected chi connectivity index (χ2v) is 8.50. The Morgan fingerprint density at radius 1 is 0.900 bits per heavy atom. The Morgan fingerprint density at radius 2 is 1.70 bits per heavy atom. The molecule has 2 aromatic rings. The van der Waals surface area contributed by atoms with E-state index in [0.29, 0.717) is 36.5 Å². The molecule has 0 aliphatic carbocycles. The first-order valence-corrected chi connectivity index (χ1v) is 11.4. The molecular weight excluding hydrogens is 385 g/mol. The number of aryl methyl sites for hydroxylation is 1. The number of hydrogen-bond acceptors (Lipinski definition) is 1. The lowest BCUT2D eigenvalue weighted by Crippen LogP contribution is -2.21. The largest absolute Gasteiger partial charge is 0.373 e. The third-order valence-corrected chi connectivity index (χ3v) is 6.21. The predicted octanol–water partition coefficient (Wildman–Crippen LogP) is 8.16. The van der Waals surface area contributed by atoms with Crippen molar-refractivity contribution >= 4 is 0 Å². The van der Waals surface area contributed by atoms with Gasteiger partial charge in [-0.1, -0.05) is 63.8 Å². The average Bonchev–Trinajstić information content (AvgIpc) is 2.76. The molecular formula is C26H33F3O. The van der Waals surface area contributed by atoms with E-state index in [-0.39, 0.29) is 16.9 Å². The van der Waals surface area contributed by atoms with Crippen LogP contribution >= 0.6 is 0 Å². The van der Waals surface area contributed by atoms with Crippen molar-refractivity contribution in [3.05, 3.63) is 58.9 Å². The van der Waals surface area contributed by atoms with Gasteiger partial charge in [0.15, 0.2) is 11.6 Å². The summed E-state index contributed by atoms with van der Waals surface area (Å²) in [6.45, 7) is 4.86. The Morgan fingerprint density at radius 3 is 2.37 bits per heavy atom.